The van der Waals surface area contributed by atoms with E-state index in [-0.39, 0.29) is 29.9 Å². The van der Waals surface area contributed by atoms with E-state index in [1.165, 1.54) is 6.08 Å². The van der Waals surface area contributed by atoms with Crippen molar-refractivity contribution < 1.29 is 19.1 Å². The number of carbonyl (C=O) groups excluding carboxylic acids is 3. The standard InChI is InChI=1S/C17H26N2O4S/c1-2-6-12(20)7-5-10-23-15(21)9-4-3-8-14-16-13(11-24-14)18-17(22)19-16/h2,6,13-14,16H,3-5,7-11H2,1H3,(H2,18,19,22)/b6-2+/t13-,14-,16-/m0/s1. The van der Waals surface area contributed by atoms with Crippen LogP contribution in [0.5, 0.6) is 0 Å². The first-order chi connectivity index (χ1) is 11.6. The molecule has 2 N–H and O–H groups in total. The Balaban J connectivity index is 1.49. The van der Waals surface area contributed by atoms with Gasteiger partial charge in [-0.2, -0.15) is 11.8 Å². The number of thioether (sulfide) groups is 1. The van der Waals surface area contributed by atoms with E-state index in [0.29, 0.717) is 31.1 Å². The monoisotopic (exact) mass is 354 g/mol. The first-order valence-electron chi connectivity index (χ1n) is 8.60. The number of hydrogen-bond acceptors (Lipinski definition) is 5. The lowest BCUT2D eigenvalue weighted by atomic mass is 10.0. The lowest BCUT2D eigenvalue weighted by Gasteiger charge is -2.16. The lowest BCUT2D eigenvalue weighted by Crippen LogP contribution is -2.36. The van der Waals surface area contributed by atoms with Gasteiger partial charge in [-0.3, -0.25) is 9.59 Å². The molecule has 0 aromatic heterocycles. The first-order valence-corrected chi connectivity index (χ1v) is 9.65. The van der Waals surface area contributed by atoms with Crippen molar-refractivity contribution in [3.63, 3.8) is 0 Å². The Kier molecular flexibility index (Phi) is 7.62. The van der Waals surface area contributed by atoms with Gasteiger partial charge in [-0.15, -0.1) is 0 Å². The zero-order valence-corrected chi connectivity index (χ0v) is 14.9. The molecular weight excluding hydrogens is 328 g/mol. The van der Waals surface area contributed by atoms with Gasteiger partial charge in [-0.05, 0) is 32.3 Å². The second-order valence-electron chi connectivity index (χ2n) is 6.16. The Labute approximate surface area is 147 Å². The molecule has 0 aliphatic carbocycles. The Hall–Kier alpha value is -1.50. The zero-order chi connectivity index (χ0) is 17.4. The van der Waals surface area contributed by atoms with Crippen LogP contribution in [0, 0.1) is 0 Å². The van der Waals surface area contributed by atoms with Crippen molar-refractivity contribution in [1.82, 2.24) is 10.6 Å². The van der Waals surface area contributed by atoms with Gasteiger partial charge in [0, 0.05) is 23.8 Å². The molecule has 0 aromatic carbocycles. The van der Waals surface area contributed by atoms with Crippen molar-refractivity contribution in [3.05, 3.63) is 12.2 Å². The van der Waals surface area contributed by atoms with Crippen LogP contribution >= 0.6 is 11.8 Å². The van der Waals surface area contributed by atoms with E-state index in [9.17, 15) is 14.4 Å². The van der Waals surface area contributed by atoms with E-state index >= 15 is 0 Å². The van der Waals surface area contributed by atoms with Crippen molar-refractivity contribution in [2.24, 2.45) is 0 Å². The number of urea groups is 1. The van der Waals surface area contributed by atoms with E-state index in [4.69, 9.17) is 4.74 Å². The molecule has 0 unspecified atom stereocenters. The Morgan fingerprint density at radius 3 is 2.88 bits per heavy atom. The summed E-state index contributed by atoms with van der Waals surface area (Å²) >= 11 is 1.89. The highest BCUT2D eigenvalue weighted by Gasteiger charge is 2.42. The summed E-state index contributed by atoms with van der Waals surface area (Å²) in [5.41, 5.74) is 0. The van der Waals surface area contributed by atoms with Gasteiger partial charge in [-0.25, -0.2) is 4.79 Å². The quantitative estimate of drug-likeness (QED) is 0.272. The van der Waals surface area contributed by atoms with E-state index in [1.54, 1.807) is 13.0 Å². The number of ether oxygens (including phenoxy) is 1. The minimum atomic E-state index is -0.193. The van der Waals surface area contributed by atoms with Gasteiger partial charge in [0.1, 0.15) is 0 Å². The zero-order valence-electron chi connectivity index (χ0n) is 14.1. The molecule has 134 valence electrons. The third kappa shape index (κ3) is 5.85. The molecule has 2 saturated heterocycles. The number of nitrogens with one attached hydrogen (secondary N) is 2. The normalized spacial score (nSPS) is 25.4. The fourth-order valence-electron chi connectivity index (χ4n) is 3.03. The molecule has 2 rings (SSSR count). The van der Waals surface area contributed by atoms with Crippen LogP contribution in [-0.4, -0.2) is 47.5 Å². The third-order valence-electron chi connectivity index (χ3n) is 4.24. The molecule has 2 aliphatic heterocycles. The number of hydrogen-bond donors (Lipinski definition) is 2. The summed E-state index contributed by atoms with van der Waals surface area (Å²) in [5.74, 6) is 0.831. The molecular formula is C17H26N2O4S. The van der Waals surface area contributed by atoms with E-state index in [1.807, 2.05) is 11.8 Å². The van der Waals surface area contributed by atoms with Gasteiger partial charge >= 0.3 is 12.0 Å². The van der Waals surface area contributed by atoms with Crippen LogP contribution in [0.4, 0.5) is 4.79 Å². The average Bonchev–Trinajstić information content (AvgIpc) is 3.08. The van der Waals surface area contributed by atoms with Crippen LogP contribution in [0.3, 0.4) is 0 Å². The Morgan fingerprint density at radius 1 is 1.25 bits per heavy atom. The van der Waals surface area contributed by atoms with Crippen LogP contribution < -0.4 is 10.6 Å². The SMILES string of the molecule is C/C=C/C(=O)CCCOC(=O)CCCC[C@@H]1SC[C@@H]2NC(=O)N[C@@H]21. The maximum Gasteiger partial charge on any atom is 0.315 e. The van der Waals surface area contributed by atoms with Crippen LogP contribution in [0.25, 0.3) is 0 Å². The Bertz CT molecular complexity index is 495. The summed E-state index contributed by atoms with van der Waals surface area (Å²) in [6.07, 6.45) is 7.40. The van der Waals surface area contributed by atoms with Gasteiger partial charge in [0.25, 0.3) is 0 Å². The fraction of sp³-hybridized carbons (Fsp3) is 0.706. The molecule has 0 aromatic rings. The molecule has 0 radical (unpaired) electrons. The number of esters is 1. The van der Waals surface area contributed by atoms with Crippen molar-refractivity contribution >= 4 is 29.5 Å². The maximum absolute atomic E-state index is 11.6. The second-order valence-corrected chi connectivity index (χ2v) is 7.43. The molecule has 2 amide bonds. The maximum atomic E-state index is 11.6. The van der Waals surface area contributed by atoms with Gasteiger partial charge in [-0.1, -0.05) is 12.5 Å². The van der Waals surface area contributed by atoms with Crippen LogP contribution in [-0.2, 0) is 14.3 Å². The average molecular weight is 354 g/mol. The van der Waals surface area contributed by atoms with Crippen LogP contribution in [0.1, 0.15) is 45.4 Å². The summed E-state index contributed by atoms with van der Waals surface area (Å²) in [7, 11) is 0. The van der Waals surface area contributed by atoms with Gasteiger partial charge in [0.05, 0.1) is 18.7 Å². The number of unbranched alkanes of at least 4 members (excludes halogenated alkanes) is 1. The first kappa shape index (κ1) is 18.8. The molecule has 2 aliphatic rings. The predicted molar refractivity (Wildman–Crippen MR) is 94.0 cm³/mol. The van der Waals surface area contributed by atoms with Crippen molar-refractivity contribution in [2.45, 2.75) is 62.8 Å². The number of amides is 2. The fourth-order valence-corrected chi connectivity index (χ4v) is 4.58. The molecule has 0 bridgehead atoms. The van der Waals surface area contributed by atoms with Crippen LogP contribution in [0.2, 0.25) is 0 Å². The summed E-state index contributed by atoms with van der Waals surface area (Å²) in [6.45, 7) is 2.11. The summed E-state index contributed by atoms with van der Waals surface area (Å²) in [6, 6.07) is 0.415. The van der Waals surface area contributed by atoms with Gasteiger partial charge in [0.15, 0.2) is 5.78 Å². The number of carbonyl (C=O) groups is 3. The van der Waals surface area contributed by atoms with Crippen molar-refractivity contribution in [1.29, 1.82) is 0 Å². The molecule has 0 spiro atoms. The molecule has 6 nitrogen and oxygen atoms in total. The number of fused-ring (bicyclic) bond motifs is 1. The van der Waals surface area contributed by atoms with Crippen molar-refractivity contribution in [3.8, 4) is 0 Å². The van der Waals surface area contributed by atoms with E-state index in [2.05, 4.69) is 10.6 Å². The van der Waals surface area contributed by atoms with Gasteiger partial charge < -0.3 is 15.4 Å². The topological polar surface area (TPSA) is 84.5 Å². The second kappa shape index (κ2) is 9.71. The van der Waals surface area contributed by atoms with E-state index in [0.717, 1.165) is 25.0 Å². The Morgan fingerprint density at radius 2 is 2.08 bits per heavy atom. The largest absolute Gasteiger partial charge is 0.466 e. The minimum absolute atomic E-state index is 0.0632. The molecule has 2 fully saturated rings. The minimum Gasteiger partial charge on any atom is -0.466 e. The molecule has 3 atom stereocenters. The summed E-state index contributed by atoms with van der Waals surface area (Å²) < 4.78 is 5.14. The highest BCUT2D eigenvalue weighted by molar-refractivity contribution is 8.00. The third-order valence-corrected chi connectivity index (χ3v) is 5.75. The van der Waals surface area contributed by atoms with Crippen LogP contribution in [0.15, 0.2) is 12.2 Å². The number of allylic oxidation sites excluding steroid dienone is 2. The molecule has 7 heteroatoms. The number of rotatable bonds is 10. The molecule has 0 saturated carbocycles. The highest BCUT2D eigenvalue weighted by Crippen LogP contribution is 2.33. The molecule has 2 heterocycles. The number of ketones is 1. The van der Waals surface area contributed by atoms with Crippen molar-refractivity contribution in [2.75, 3.05) is 12.4 Å². The van der Waals surface area contributed by atoms with E-state index < -0.39 is 0 Å². The summed E-state index contributed by atoms with van der Waals surface area (Å²) in [4.78, 5) is 34.2. The summed E-state index contributed by atoms with van der Waals surface area (Å²) in [5, 5.41) is 6.33. The smallest absolute Gasteiger partial charge is 0.315 e. The highest BCUT2D eigenvalue weighted by atomic mass is 32.2. The molecule has 24 heavy (non-hydrogen) atoms. The van der Waals surface area contributed by atoms with Gasteiger partial charge in [0.2, 0.25) is 0 Å². The predicted octanol–water partition coefficient (Wildman–Crippen LogP) is 2.18. The lowest BCUT2D eigenvalue weighted by molar-refractivity contribution is -0.144.